The number of hydrogen-bond donors (Lipinski definition) is 1. The van der Waals surface area contributed by atoms with Crippen LogP contribution in [0.15, 0.2) is 15.1 Å². The molecule has 6 heteroatoms. The first-order valence-corrected chi connectivity index (χ1v) is 7.87. The molecule has 1 N–H and O–H groups in total. The molecule has 0 bridgehead atoms. The third-order valence-corrected chi connectivity index (χ3v) is 4.13. The Morgan fingerprint density at radius 2 is 2.05 bits per heavy atom. The van der Waals surface area contributed by atoms with Crippen LogP contribution in [0.4, 0.5) is 0 Å². The van der Waals surface area contributed by atoms with Gasteiger partial charge in [0.1, 0.15) is 5.76 Å². The van der Waals surface area contributed by atoms with Crippen LogP contribution >= 0.6 is 15.9 Å². The maximum atomic E-state index is 5.58. The van der Waals surface area contributed by atoms with E-state index >= 15 is 0 Å². The molecule has 0 saturated heterocycles. The predicted octanol–water partition coefficient (Wildman–Crippen LogP) is 3.07. The van der Waals surface area contributed by atoms with E-state index in [0.29, 0.717) is 6.54 Å². The van der Waals surface area contributed by atoms with Crippen LogP contribution in [-0.4, -0.2) is 14.8 Å². The summed E-state index contributed by atoms with van der Waals surface area (Å²) in [7, 11) is 0. The minimum Gasteiger partial charge on any atom is -0.444 e. The summed E-state index contributed by atoms with van der Waals surface area (Å²) in [6, 6.07) is 0. The average molecular weight is 341 g/mol. The van der Waals surface area contributed by atoms with Crippen LogP contribution in [0, 0.1) is 0 Å². The van der Waals surface area contributed by atoms with E-state index in [-0.39, 0.29) is 0 Å². The van der Waals surface area contributed by atoms with Gasteiger partial charge >= 0.3 is 0 Å². The van der Waals surface area contributed by atoms with Gasteiger partial charge in [-0.2, -0.15) is 5.10 Å². The zero-order chi connectivity index (χ0) is 14.5. The lowest BCUT2D eigenvalue weighted by atomic mass is 10.3. The second kappa shape index (κ2) is 7.04. The lowest BCUT2D eigenvalue weighted by molar-refractivity contribution is 0.435. The van der Waals surface area contributed by atoms with Gasteiger partial charge in [-0.25, -0.2) is 4.98 Å². The molecule has 110 valence electrons. The predicted molar refractivity (Wildman–Crippen MR) is 81.4 cm³/mol. The van der Waals surface area contributed by atoms with Crippen molar-refractivity contribution in [2.75, 3.05) is 0 Å². The van der Waals surface area contributed by atoms with E-state index in [4.69, 9.17) is 4.42 Å². The van der Waals surface area contributed by atoms with E-state index in [0.717, 1.165) is 47.7 Å². The normalized spacial score (nSPS) is 11.2. The van der Waals surface area contributed by atoms with Crippen LogP contribution in [0.1, 0.15) is 43.8 Å². The quantitative estimate of drug-likeness (QED) is 0.841. The fourth-order valence-corrected chi connectivity index (χ4v) is 2.77. The highest BCUT2D eigenvalue weighted by molar-refractivity contribution is 9.10. The Bertz CT molecular complexity index is 562. The lowest BCUT2D eigenvalue weighted by Crippen LogP contribution is -2.16. The largest absolute Gasteiger partial charge is 0.444 e. The summed E-state index contributed by atoms with van der Waals surface area (Å²) in [6.45, 7) is 8.51. The highest BCUT2D eigenvalue weighted by atomic mass is 79.9. The topological polar surface area (TPSA) is 55.9 Å². The average Bonchev–Trinajstić information content (AvgIpc) is 3.04. The number of halogens is 1. The van der Waals surface area contributed by atoms with Crippen molar-refractivity contribution in [1.29, 1.82) is 0 Å². The molecule has 2 rings (SSSR count). The summed E-state index contributed by atoms with van der Waals surface area (Å²) in [5.41, 5.74) is 2.28. The molecule has 0 spiro atoms. The number of nitrogens with zero attached hydrogens (tertiary/aromatic N) is 3. The molecule has 2 aromatic rings. The highest BCUT2D eigenvalue weighted by Crippen LogP contribution is 2.22. The van der Waals surface area contributed by atoms with Gasteiger partial charge in [-0.15, -0.1) is 0 Å². The molecule has 2 aromatic heterocycles. The van der Waals surface area contributed by atoms with Crippen molar-refractivity contribution >= 4 is 15.9 Å². The number of oxazole rings is 1. The Hall–Kier alpha value is -1.14. The van der Waals surface area contributed by atoms with Crippen LogP contribution < -0.4 is 5.32 Å². The number of hydrogen-bond acceptors (Lipinski definition) is 4. The van der Waals surface area contributed by atoms with Gasteiger partial charge in [0, 0.05) is 19.5 Å². The SMILES string of the molecule is CCc1cnc(CNCc2c(Br)c(CC)nn2CC)o1. The Balaban J connectivity index is 1.98. The Kier molecular flexibility index (Phi) is 5.37. The van der Waals surface area contributed by atoms with Crippen molar-refractivity contribution in [3.63, 3.8) is 0 Å². The first-order valence-electron chi connectivity index (χ1n) is 7.07. The van der Waals surface area contributed by atoms with Crippen LogP contribution in [0.5, 0.6) is 0 Å². The van der Waals surface area contributed by atoms with Crippen LogP contribution in [0.3, 0.4) is 0 Å². The van der Waals surface area contributed by atoms with E-state index < -0.39 is 0 Å². The number of nitrogens with one attached hydrogen (secondary N) is 1. The van der Waals surface area contributed by atoms with E-state index in [2.05, 4.69) is 52.1 Å². The van der Waals surface area contributed by atoms with Gasteiger partial charge in [0.2, 0.25) is 5.89 Å². The first-order chi connectivity index (χ1) is 9.69. The molecular formula is C14H21BrN4O. The summed E-state index contributed by atoms with van der Waals surface area (Å²) >= 11 is 3.64. The Morgan fingerprint density at radius 1 is 1.25 bits per heavy atom. The van der Waals surface area contributed by atoms with Crippen molar-refractivity contribution in [2.24, 2.45) is 0 Å². The van der Waals surface area contributed by atoms with Gasteiger partial charge < -0.3 is 9.73 Å². The van der Waals surface area contributed by atoms with E-state index in [1.165, 1.54) is 5.69 Å². The van der Waals surface area contributed by atoms with Gasteiger partial charge in [0.05, 0.1) is 28.6 Å². The third kappa shape index (κ3) is 3.30. The van der Waals surface area contributed by atoms with Gasteiger partial charge in [0.15, 0.2) is 0 Å². The molecule has 0 saturated carbocycles. The standard InChI is InChI=1S/C14H21BrN4O/c1-4-10-7-17-13(20-10)9-16-8-12-14(15)11(5-2)18-19(12)6-3/h7,16H,4-6,8-9H2,1-3H3. The molecular weight excluding hydrogens is 320 g/mol. The third-order valence-electron chi connectivity index (χ3n) is 3.21. The molecule has 0 fully saturated rings. The zero-order valence-electron chi connectivity index (χ0n) is 12.2. The molecule has 5 nitrogen and oxygen atoms in total. The summed E-state index contributed by atoms with van der Waals surface area (Å²) in [4.78, 5) is 4.24. The molecule has 0 aliphatic carbocycles. The molecule has 0 aromatic carbocycles. The molecule has 0 aliphatic rings. The monoisotopic (exact) mass is 340 g/mol. The van der Waals surface area contributed by atoms with E-state index in [1.807, 2.05) is 4.68 Å². The van der Waals surface area contributed by atoms with Gasteiger partial charge in [-0.3, -0.25) is 4.68 Å². The van der Waals surface area contributed by atoms with Crippen molar-refractivity contribution in [2.45, 2.75) is 53.2 Å². The minimum atomic E-state index is 0.628. The summed E-state index contributed by atoms with van der Waals surface area (Å²) in [5.74, 6) is 1.66. The van der Waals surface area contributed by atoms with Gasteiger partial charge in [-0.05, 0) is 29.3 Å². The van der Waals surface area contributed by atoms with Crippen LogP contribution in [0.2, 0.25) is 0 Å². The highest BCUT2D eigenvalue weighted by Gasteiger charge is 2.13. The maximum absolute atomic E-state index is 5.58. The van der Waals surface area contributed by atoms with Gasteiger partial charge in [0.25, 0.3) is 0 Å². The number of aromatic nitrogens is 3. The van der Waals surface area contributed by atoms with Crippen molar-refractivity contribution < 1.29 is 4.42 Å². The smallest absolute Gasteiger partial charge is 0.208 e. The van der Waals surface area contributed by atoms with E-state index in [9.17, 15) is 0 Å². The molecule has 0 radical (unpaired) electrons. The first kappa shape index (κ1) is 15.3. The number of rotatable bonds is 7. The molecule has 20 heavy (non-hydrogen) atoms. The number of aryl methyl sites for hydroxylation is 3. The summed E-state index contributed by atoms with van der Waals surface area (Å²) in [6.07, 6.45) is 3.60. The molecule has 0 unspecified atom stereocenters. The molecule has 2 heterocycles. The maximum Gasteiger partial charge on any atom is 0.208 e. The van der Waals surface area contributed by atoms with Gasteiger partial charge in [-0.1, -0.05) is 13.8 Å². The van der Waals surface area contributed by atoms with Crippen LogP contribution in [0.25, 0.3) is 0 Å². The van der Waals surface area contributed by atoms with Crippen molar-refractivity contribution in [3.05, 3.63) is 33.7 Å². The Labute approximate surface area is 127 Å². The minimum absolute atomic E-state index is 0.628. The lowest BCUT2D eigenvalue weighted by Gasteiger charge is -2.06. The molecule has 0 atom stereocenters. The second-order valence-electron chi connectivity index (χ2n) is 4.55. The second-order valence-corrected chi connectivity index (χ2v) is 5.35. The summed E-state index contributed by atoms with van der Waals surface area (Å²) < 4.78 is 8.71. The van der Waals surface area contributed by atoms with Crippen LogP contribution in [-0.2, 0) is 32.5 Å². The fraction of sp³-hybridized carbons (Fsp3) is 0.571. The summed E-state index contributed by atoms with van der Waals surface area (Å²) in [5, 5.41) is 7.94. The van der Waals surface area contributed by atoms with Crippen molar-refractivity contribution in [1.82, 2.24) is 20.1 Å². The molecule has 0 aliphatic heterocycles. The van der Waals surface area contributed by atoms with E-state index in [1.54, 1.807) is 6.20 Å². The Morgan fingerprint density at radius 3 is 2.65 bits per heavy atom. The van der Waals surface area contributed by atoms with Crippen molar-refractivity contribution in [3.8, 4) is 0 Å². The zero-order valence-corrected chi connectivity index (χ0v) is 13.8. The molecule has 0 amide bonds. The fourth-order valence-electron chi connectivity index (χ4n) is 2.07.